The van der Waals surface area contributed by atoms with Gasteiger partial charge in [0.1, 0.15) is 5.82 Å². The number of piperidine rings is 1. The van der Waals surface area contributed by atoms with Gasteiger partial charge in [0.15, 0.2) is 0 Å². The average molecular weight is 276 g/mol. The van der Waals surface area contributed by atoms with Crippen LogP contribution in [0.5, 0.6) is 0 Å². The highest BCUT2D eigenvalue weighted by Gasteiger charge is 2.37. The second kappa shape index (κ2) is 5.09. The number of likely N-dealkylation sites (tertiary alicyclic amines) is 1. The molecule has 1 fully saturated rings. The predicted molar refractivity (Wildman–Crippen MR) is 64.0 cm³/mol. The van der Waals surface area contributed by atoms with Gasteiger partial charge >= 0.3 is 6.18 Å². The van der Waals surface area contributed by atoms with Crippen molar-refractivity contribution in [1.82, 2.24) is 4.90 Å². The maximum atomic E-state index is 12.9. The van der Waals surface area contributed by atoms with Crippen LogP contribution in [0.4, 0.5) is 17.6 Å². The molecule has 1 aromatic rings. The molecule has 6 heteroatoms. The van der Waals surface area contributed by atoms with E-state index in [1.165, 1.54) is 17.0 Å². The molecule has 1 aliphatic rings. The lowest BCUT2D eigenvalue weighted by molar-refractivity contribution is -0.149. The van der Waals surface area contributed by atoms with E-state index in [1.54, 1.807) is 12.1 Å². The first kappa shape index (κ1) is 14.3. The van der Waals surface area contributed by atoms with Crippen LogP contribution >= 0.6 is 0 Å². The molecule has 2 nitrogen and oxygen atoms in total. The van der Waals surface area contributed by atoms with E-state index in [9.17, 15) is 17.6 Å². The Bertz CT molecular complexity index is 419. The molecule has 0 radical (unpaired) electrons. The van der Waals surface area contributed by atoms with Gasteiger partial charge in [0.2, 0.25) is 0 Å². The van der Waals surface area contributed by atoms with E-state index in [0.29, 0.717) is 25.9 Å². The maximum Gasteiger partial charge on any atom is 0.401 e. The third-order valence-corrected chi connectivity index (χ3v) is 3.57. The lowest BCUT2D eigenvalue weighted by Gasteiger charge is -2.39. The molecule has 1 heterocycles. The van der Waals surface area contributed by atoms with Crippen LogP contribution in [-0.2, 0) is 5.54 Å². The van der Waals surface area contributed by atoms with Gasteiger partial charge < -0.3 is 5.73 Å². The smallest absolute Gasteiger partial charge is 0.321 e. The number of rotatable bonds is 2. The van der Waals surface area contributed by atoms with Crippen molar-refractivity contribution in [3.8, 4) is 0 Å². The third kappa shape index (κ3) is 3.67. The van der Waals surface area contributed by atoms with Crippen LogP contribution in [0.1, 0.15) is 18.4 Å². The zero-order valence-electron chi connectivity index (χ0n) is 10.4. The molecule has 19 heavy (non-hydrogen) atoms. The van der Waals surface area contributed by atoms with Gasteiger partial charge in [0.25, 0.3) is 0 Å². The molecule has 0 amide bonds. The monoisotopic (exact) mass is 276 g/mol. The standard InChI is InChI=1S/C13H16F4N2/c14-11-3-1-10(2-4-11)12(18)5-7-19(8-6-12)9-13(15,16)17/h1-4H,5-9,18H2. The number of nitrogens with zero attached hydrogens (tertiary/aromatic N) is 1. The first-order chi connectivity index (χ1) is 8.78. The van der Waals surface area contributed by atoms with Crippen molar-refractivity contribution < 1.29 is 17.6 Å². The number of benzene rings is 1. The summed E-state index contributed by atoms with van der Waals surface area (Å²) in [5, 5.41) is 0. The minimum Gasteiger partial charge on any atom is -0.321 e. The van der Waals surface area contributed by atoms with E-state index in [1.807, 2.05) is 0 Å². The summed E-state index contributed by atoms with van der Waals surface area (Å²) in [5.41, 5.74) is 6.35. The Morgan fingerprint density at radius 2 is 1.63 bits per heavy atom. The molecule has 0 aliphatic carbocycles. The van der Waals surface area contributed by atoms with Gasteiger partial charge in [0, 0.05) is 18.6 Å². The number of hydrogen-bond donors (Lipinski definition) is 1. The zero-order chi connectivity index (χ0) is 14.1. The van der Waals surface area contributed by atoms with E-state index < -0.39 is 18.3 Å². The highest BCUT2D eigenvalue weighted by molar-refractivity contribution is 5.25. The van der Waals surface area contributed by atoms with E-state index in [-0.39, 0.29) is 5.82 Å². The lowest BCUT2D eigenvalue weighted by Crippen LogP contribution is -2.50. The molecule has 0 unspecified atom stereocenters. The molecule has 106 valence electrons. The lowest BCUT2D eigenvalue weighted by atomic mass is 9.82. The fourth-order valence-corrected chi connectivity index (χ4v) is 2.43. The molecule has 0 spiro atoms. The molecule has 2 rings (SSSR count). The summed E-state index contributed by atoms with van der Waals surface area (Å²) in [6, 6.07) is 5.86. The van der Waals surface area contributed by atoms with Crippen molar-refractivity contribution in [2.75, 3.05) is 19.6 Å². The first-order valence-corrected chi connectivity index (χ1v) is 6.13. The number of nitrogens with two attached hydrogens (primary N) is 1. The molecule has 0 atom stereocenters. The minimum atomic E-state index is -4.18. The summed E-state index contributed by atoms with van der Waals surface area (Å²) >= 11 is 0. The van der Waals surface area contributed by atoms with Gasteiger partial charge in [-0.2, -0.15) is 13.2 Å². The fraction of sp³-hybridized carbons (Fsp3) is 0.538. The number of hydrogen-bond acceptors (Lipinski definition) is 2. The molecule has 0 saturated carbocycles. The van der Waals surface area contributed by atoms with Gasteiger partial charge in [-0.15, -0.1) is 0 Å². The average Bonchev–Trinajstić information content (AvgIpc) is 2.31. The van der Waals surface area contributed by atoms with Crippen LogP contribution in [0, 0.1) is 5.82 Å². The Hall–Kier alpha value is -1.14. The van der Waals surface area contributed by atoms with Crippen molar-refractivity contribution in [1.29, 1.82) is 0 Å². The largest absolute Gasteiger partial charge is 0.401 e. The Morgan fingerprint density at radius 1 is 1.11 bits per heavy atom. The van der Waals surface area contributed by atoms with Crippen LogP contribution in [0.15, 0.2) is 24.3 Å². The van der Waals surface area contributed by atoms with Crippen LogP contribution < -0.4 is 5.73 Å². The Labute approximate surface area is 109 Å². The zero-order valence-corrected chi connectivity index (χ0v) is 10.4. The van der Waals surface area contributed by atoms with Crippen molar-refractivity contribution in [3.05, 3.63) is 35.6 Å². The van der Waals surface area contributed by atoms with Gasteiger partial charge in [-0.05, 0) is 30.5 Å². The van der Waals surface area contributed by atoms with E-state index in [0.717, 1.165) is 5.56 Å². The first-order valence-electron chi connectivity index (χ1n) is 6.13. The Kier molecular flexibility index (Phi) is 3.82. The number of halogens is 4. The Balaban J connectivity index is 2.00. The third-order valence-electron chi connectivity index (χ3n) is 3.57. The van der Waals surface area contributed by atoms with E-state index in [4.69, 9.17) is 5.73 Å². The van der Waals surface area contributed by atoms with Crippen molar-refractivity contribution in [2.24, 2.45) is 5.73 Å². The fourth-order valence-electron chi connectivity index (χ4n) is 2.43. The molecule has 1 aromatic carbocycles. The van der Waals surface area contributed by atoms with Crippen LogP contribution in [0.3, 0.4) is 0 Å². The van der Waals surface area contributed by atoms with Gasteiger partial charge in [0.05, 0.1) is 6.54 Å². The molecule has 1 saturated heterocycles. The summed E-state index contributed by atoms with van der Waals surface area (Å²) < 4.78 is 49.7. The molecular weight excluding hydrogens is 260 g/mol. The van der Waals surface area contributed by atoms with Crippen LogP contribution in [-0.4, -0.2) is 30.7 Å². The van der Waals surface area contributed by atoms with Gasteiger partial charge in [-0.3, -0.25) is 4.90 Å². The Morgan fingerprint density at radius 3 is 2.11 bits per heavy atom. The van der Waals surface area contributed by atoms with Crippen LogP contribution in [0.2, 0.25) is 0 Å². The minimum absolute atomic E-state index is 0.299. The summed E-state index contributed by atoms with van der Waals surface area (Å²) in [6.45, 7) is -0.298. The van der Waals surface area contributed by atoms with Crippen molar-refractivity contribution in [3.63, 3.8) is 0 Å². The summed E-state index contributed by atoms with van der Waals surface area (Å²) in [4.78, 5) is 1.36. The summed E-state index contributed by atoms with van der Waals surface area (Å²) in [5.74, 6) is -0.346. The summed E-state index contributed by atoms with van der Waals surface area (Å²) in [7, 11) is 0. The molecular formula is C13H16F4N2. The maximum absolute atomic E-state index is 12.9. The quantitative estimate of drug-likeness (QED) is 0.841. The van der Waals surface area contributed by atoms with Gasteiger partial charge in [-0.25, -0.2) is 4.39 Å². The topological polar surface area (TPSA) is 29.3 Å². The van der Waals surface area contributed by atoms with Crippen molar-refractivity contribution in [2.45, 2.75) is 24.6 Å². The van der Waals surface area contributed by atoms with Gasteiger partial charge in [-0.1, -0.05) is 12.1 Å². The van der Waals surface area contributed by atoms with E-state index >= 15 is 0 Å². The number of alkyl halides is 3. The van der Waals surface area contributed by atoms with Crippen LogP contribution in [0.25, 0.3) is 0 Å². The second-order valence-corrected chi connectivity index (χ2v) is 5.05. The van der Waals surface area contributed by atoms with E-state index in [2.05, 4.69) is 0 Å². The molecule has 1 aliphatic heterocycles. The second-order valence-electron chi connectivity index (χ2n) is 5.05. The SMILES string of the molecule is NC1(c2ccc(F)cc2)CCN(CC(F)(F)F)CC1. The summed E-state index contributed by atoms with van der Waals surface area (Å²) in [6.07, 6.45) is -3.30. The molecule has 2 N–H and O–H groups in total. The molecule has 0 aromatic heterocycles. The highest BCUT2D eigenvalue weighted by Crippen LogP contribution is 2.31. The highest BCUT2D eigenvalue weighted by atomic mass is 19.4. The van der Waals surface area contributed by atoms with Crippen molar-refractivity contribution >= 4 is 0 Å². The normalized spacial score (nSPS) is 20.5. The predicted octanol–water partition coefficient (Wildman–Crippen LogP) is 2.64. The molecule has 0 bridgehead atoms.